The highest BCUT2D eigenvalue weighted by atomic mass is 16.4. The second-order valence-corrected chi connectivity index (χ2v) is 4.95. The highest BCUT2D eigenvalue weighted by Gasteiger charge is 2.19. The Bertz CT molecular complexity index is 262. The molecule has 0 fully saturated rings. The van der Waals surface area contributed by atoms with Gasteiger partial charge >= 0.3 is 0 Å². The van der Waals surface area contributed by atoms with Crippen molar-refractivity contribution in [3.8, 4) is 0 Å². The molecule has 16 heavy (non-hydrogen) atoms. The van der Waals surface area contributed by atoms with Gasteiger partial charge in [0.25, 0.3) is 0 Å². The van der Waals surface area contributed by atoms with Crippen molar-refractivity contribution in [2.45, 2.75) is 20.3 Å². The minimum absolute atomic E-state index is 0.00964. The first-order valence-corrected chi connectivity index (χ1v) is 5.14. The van der Waals surface area contributed by atoms with Crippen LogP contribution in [0, 0.1) is 5.41 Å². The zero-order valence-electron chi connectivity index (χ0n) is 10.4. The van der Waals surface area contributed by atoms with Crippen LogP contribution in [0.5, 0.6) is 0 Å². The zero-order chi connectivity index (χ0) is 12.8. The van der Waals surface area contributed by atoms with E-state index in [1.807, 2.05) is 14.1 Å². The lowest BCUT2D eigenvalue weighted by atomic mass is 9.93. The minimum atomic E-state index is -0.234. The van der Waals surface area contributed by atoms with Crippen LogP contribution in [0.1, 0.15) is 20.3 Å². The first kappa shape index (κ1) is 14.7. The Morgan fingerprint density at radius 2 is 2.06 bits per heavy atom. The van der Waals surface area contributed by atoms with Crippen LogP contribution in [-0.2, 0) is 4.79 Å². The van der Waals surface area contributed by atoms with Crippen molar-refractivity contribution in [2.75, 3.05) is 27.2 Å². The van der Waals surface area contributed by atoms with Crippen molar-refractivity contribution in [1.82, 2.24) is 10.2 Å². The Hall–Kier alpha value is -1.30. The van der Waals surface area contributed by atoms with Crippen LogP contribution < -0.4 is 11.1 Å². The largest absolute Gasteiger partial charge is 0.409 e. The first-order valence-electron chi connectivity index (χ1n) is 5.14. The van der Waals surface area contributed by atoms with Gasteiger partial charge in [-0.15, -0.1) is 0 Å². The van der Waals surface area contributed by atoms with E-state index >= 15 is 0 Å². The Labute approximate surface area is 96.5 Å². The minimum Gasteiger partial charge on any atom is -0.409 e. The average Bonchev–Trinajstić information content (AvgIpc) is 2.13. The van der Waals surface area contributed by atoms with E-state index in [2.05, 4.69) is 29.2 Å². The Balaban J connectivity index is 4.00. The molecular weight excluding hydrogens is 208 g/mol. The summed E-state index contributed by atoms with van der Waals surface area (Å²) in [6.45, 7) is 5.56. The maximum absolute atomic E-state index is 11.3. The second-order valence-electron chi connectivity index (χ2n) is 4.95. The maximum Gasteiger partial charge on any atom is 0.227 e. The molecule has 0 bridgehead atoms. The fourth-order valence-corrected chi connectivity index (χ4v) is 1.51. The number of amides is 1. The highest BCUT2D eigenvalue weighted by molar-refractivity contribution is 5.98. The molecule has 0 unspecified atom stereocenters. The molecule has 0 aromatic carbocycles. The number of rotatable bonds is 6. The highest BCUT2D eigenvalue weighted by Crippen LogP contribution is 2.13. The van der Waals surface area contributed by atoms with E-state index < -0.39 is 0 Å². The first-order chi connectivity index (χ1) is 7.26. The van der Waals surface area contributed by atoms with Crippen molar-refractivity contribution in [2.24, 2.45) is 16.3 Å². The van der Waals surface area contributed by atoms with Crippen LogP contribution in [0.2, 0.25) is 0 Å². The lowest BCUT2D eigenvalue weighted by Crippen LogP contribution is -2.40. The summed E-state index contributed by atoms with van der Waals surface area (Å²) in [4.78, 5) is 13.4. The summed E-state index contributed by atoms with van der Waals surface area (Å²) in [7, 11) is 3.97. The van der Waals surface area contributed by atoms with Gasteiger partial charge in [-0.3, -0.25) is 4.79 Å². The van der Waals surface area contributed by atoms with E-state index in [1.165, 1.54) is 0 Å². The summed E-state index contributed by atoms with van der Waals surface area (Å²) < 4.78 is 0. The fourth-order valence-electron chi connectivity index (χ4n) is 1.51. The van der Waals surface area contributed by atoms with Gasteiger partial charge in [-0.2, -0.15) is 0 Å². The van der Waals surface area contributed by atoms with Crippen LogP contribution in [0.25, 0.3) is 0 Å². The van der Waals surface area contributed by atoms with Crippen LogP contribution in [0.3, 0.4) is 0 Å². The molecule has 0 aliphatic heterocycles. The molecule has 1 amide bonds. The summed E-state index contributed by atoms with van der Waals surface area (Å²) in [5, 5.41) is 13.8. The molecule has 0 aliphatic carbocycles. The van der Waals surface area contributed by atoms with E-state index in [9.17, 15) is 4.79 Å². The molecule has 0 aromatic heterocycles. The summed E-state index contributed by atoms with van der Waals surface area (Å²) in [6.07, 6.45) is -0.0749. The summed E-state index contributed by atoms with van der Waals surface area (Å²) in [5.41, 5.74) is 5.22. The van der Waals surface area contributed by atoms with Gasteiger partial charge in [0.1, 0.15) is 5.84 Å². The number of nitrogens with two attached hydrogens (primary N) is 1. The van der Waals surface area contributed by atoms with Gasteiger partial charge in [-0.1, -0.05) is 19.0 Å². The zero-order valence-corrected chi connectivity index (χ0v) is 10.4. The van der Waals surface area contributed by atoms with Crippen molar-refractivity contribution in [3.05, 3.63) is 0 Å². The molecule has 0 rings (SSSR count). The van der Waals surface area contributed by atoms with E-state index in [0.717, 1.165) is 6.54 Å². The molecule has 6 heteroatoms. The molecule has 94 valence electrons. The van der Waals surface area contributed by atoms with E-state index in [1.54, 1.807) is 0 Å². The lowest BCUT2D eigenvalue weighted by molar-refractivity contribution is -0.120. The maximum atomic E-state index is 11.3. The third-order valence-electron chi connectivity index (χ3n) is 1.98. The molecular formula is C10H22N4O2. The molecule has 0 radical (unpaired) electrons. The Morgan fingerprint density at radius 1 is 1.50 bits per heavy atom. The van der Waals surface area contributed by atoms with E-state index in [0.29, 0.717) is 6.54 Å². The molecule has 0 saturated carbocycles. The summed E-state index contributed by atoms with van der Waals surface area (Å²) in [5.74, 6) is -0.315. The molecule has 0 saturated heterocycles. The molecule has 6 nitrogen and oxygen atoms in total. The van der Waals surface area contributed by atoms with Gasteiger partial charge in [0, 0.05) is 13.1 Å². The molecule has 0 heterocycles. The molecule has 0 aromatic rings. The molecule has 4 N–H and O–H groups in total. The predicted molar refractivity (Wildman–Crippen MR) is 63.4 cm³/mol. The summed E-state index contributed by atoms with van der Waals surface area (Å²) >= 11 is 0. The smallest absolute Gasteiger partial charge is 0.227 e. The number of amidine groups is 1. The Morgan fingerprint density at radius 3 is 2.50 bits per heavy atom. The second kappa shape index (κ2) is 6.32. The average molecular weight is 230 g/mol. The van der Waals surface area contributed by atoms with Crippen LogP contribution >= 0.6 is 0 Å². The summed E-state index contributed by atoms with van der Waals surface area (Å²) in [6, 6.07) is 0. The number of nitrogens with one attached hydrogen (secondary N) is 1. The molecule has 0 aliphatic rings. The van der Waals surface area contributed by atoms with Crippen molar-refractivity contribution in [1.29, 1.82) is 0 Å². The van der Waals surface area contributed by atoms with Gasteiger partial charge in [0.05, 0.1) is 6.42 Å². The van der Waals surface area contributed by atoms with Gasteiger partial charge in [-0.05, 0) is 19.5 Å². The molecule has 0 atom stereocenters. The number of hydrogen-bond acceptors (Lipinski definition) is 4. The monoisotopic (exact) mass is 230 g/mol. The standard InChI is InChI=1S/C10H22N4O2/c1-10(2,7-14(3)4)6-12-9(15)5-8(11)13-16/h16H,5-7H2,1-4H3,(H2,11,13)(H,12,15). The van der Waals surface area contributed by atoms with Gasteiger partial charge in [0.15, 0.2) is 0 Å². The number of nitrogens with zero attached hydrogens (tertiary/aromatic N) is 2. The van der Waals surface area contributed by atoms with Gasteiger partial charge in [0.2, 0.25) is 5.91 Å². The fraction of sp³-hybridized carbons (Fsp3) is 0.800. The third-order valence-corrected chi connectivity index (χ3v) is 1.98. The van der Waals surface area contributed by atoms with Crippen molar-refractivity contribution >= 4 is 11.7 Å². The van der Waals surface area contributed by atoms with Gasteiger partial charge in [-0.25, -0.2) is 0 Å². The SMILES string of the molecule is CN(C)CC(C)(C)CNC(=O)C/C(N)=N/O. The third kappa shape index (κ3) is 7.05. The van der Waals surface area contributed by atoms with Crippen LogP contribution in [-0.4, -0.2) is 49.0 Å². The van der Waals surface area contributed by atoms with Crippen molar-refractivity contribution in [3.63, 3.8) is 0 Å². The Kier molecular flexibility index (Phi) is 5.81. The topological polar surface area (TPSA) is 91.0 Å². The van der Waals surface area contributed by atoms with Gasteiger partial charge < -0.3 is 21.2 Å². The van der Waals surface area contributed by atoms with E-state index in [4.69, 9.17) is 10.9 Å². The molecule has 0 spiro atoms. The number of carbonyl (C=O) groups is 1. The van der Waals surface area contributed by atoms with Crippen molar-refractivity contribution < 1.29 is 10.0 Å². The van der Waals surface area contributed by atoms with Crippen LogP contribution in [0.4, 0.5) is 0 Å². The number of oxime groups is 1. The lowest BCUT2D eigenvalue weighted by Gasteiger charge is -2.28. The van der Waals surface area contributed by atoms with E-state index in [-0.39, 0.29) is 23.6 Å². The predicted octanol–water partition coefficient (Wildman–Crippen LogP) is -0.173. The number of carbonyl (C=O) groups excluding carboxylic acids is 1. The quantitative estimate of drug-likeness (QED) is 0.256. The van der Waals surface area contributed by atoms with Crippen LogP contribution in [0.15, 0.2) is 5.16 Å². The normalized spacial score (nSPS) is 12.9. The number of hydrogen-bond donors (Lipinski definition) is 3.